The summed E-state index contributed by atoms with van der Waals surface area (Å²) in [5, 5.41) is 3.42. The molecule has 0 aromatic carbocycles. The van der Waals surface area contributed by atoms with Crippen molar-refractivity contribution >= 4 is 0 Å². The Hall–Kier alpha value is -0.870. The van der Waals surface area contributed by atoms with E-state index >= 15 is 0 Å². The van der Waals surface area contributed by atoms with E-state index in [1.165, 1.54) is 5.69 Å². The summed E-state index contributed by atoms with van der Waals surface area (Å²) in [7, 11) is 2.14. The number of hydrogen-bond donors (Lipinski definition) is 1. The van der Waals surface area contributed by atoms with Gasteiger partial charge in [-0.25, -0.2) is 4.98 Å². The Kier molecular flexibility index (Phi) is 5.49. The average Bonchev–Trinajstić information content (AvgIpc) is 2.70. The third-order valence-corrected chi connectivity index (χ3v) is 2.75. The van der Waals surface area contributed by atoms with Crippen LogP contribution in [0, 0.1) is 0 Å². The minimum Gasteiger partial charge on any atom is -0.332 e. The summed E-state index contributed by atoms with van der Waals surface area (Å²) in [6, 6.07) is 0.515. The zero-order valence-electron chi connectivity index (χ0n) is 10.9. The lowest BCUT2D eigenvalue weighted by Gasteiger charge is -2.16. The maximum absolute atomic E-state index is 4.21. The van der Waals surface area contributed by atoms with Gasteiger partial charge in [0.05, 0.1) is 12.0 Å². The molecule has 0 spiro atoms. The van der Waals surface area contributed by atoms with Crippen LogP contribution in [-0.2, 0) is 13.1 Å². The van der Waals surface area contributed by atoms with Gasteiger partial charge >= 0.3 is 0 Å². The Morgan fingerprint density at radius 2 is 2.25 bits per heavy atom. The minimum absolute atomic E-state index is 0.515. The quantitative estimate of drug-likeness (QED) is 0.758. The fourth-order valence-electron chi connectivity index (χ4n) is 1.44. The van der Waals surface area contributed by atoms with Gasteiger partial charge in [0.2, 0.25) is 0 Å². The lowest BCUT2D eigenvalue weighted by Crippen LogP contribution is -2.26. The molecule has 0 aliphatic carbocycles. The van der Waals surface area contributed by atoms with Crippen LogP contribution in [0.1, 0.15) is 26.5 Å². The first kappa shape index (κ1) is 13.2. The molecule has 1 rings (SSSR count). The van der Waals surface area contributed by atoms with Crippen molar-refractivity contribution < 1.29 is 0 Å². The molecule has 1 N–H and O–H groups in total. The summed E-state index contributed by atoms with van der Waals surface area (Å²) in [5.41, 5.74) is 1.26. The topological polar surface area (TPSA) is 33.1 Å². The lowest BCUT2D eigenvalue weighted by molar-refractivity contribution is 0.332. The van der Waals surface area contributed by atoms with Gasteiger partial charge in [0.25, 0.3) is 0 Å². The number of nitrogens with zero attached hydrogens (tertiary/aromatic N) is 3. The number of likely N-dealkylation sites (N-methyl/N-ethyl adjacent to an activating group) is 1. The molecule has 0 fully saturated rings. The van der Waals surface area contributed by atoms with Gasteiger partial charge in [-0.3, -0.25) is 0 Å². The summed E-state index contributed by atoms with van der Waals surface area (Å²) in [4.78, 5) is 6.51. The van der Waals surface area contributed by atoms with Gasteiger partial charge in [0.15, 0.2) is 0 Å². The molecule has 0 saturated heterocycles. The van der Waals surface area contributed by atoms with Crippen molar-refractivity contribution in [3.8, 4) is 0 Å². The number of imidazole rings is 1. The van der Waals surface area contributed by atoms with E-state index in [-0.39, 0.29) is 0 Å². The molecule has 0 aliphatic rings. The molecule has 1 aromatic rings. The van der Waals surface area contributed by atoms with Crippen molar-refractivity contribution in [2.24, 2.45) is 0 Å². The minimum atomic E-state index is 0.515. The molecule has 0 radical (unpaired) electrons. The highest BCUT2D eigenvalue weighted by molar-refractivity contribution is 4.98. The molecule has 1 heterocycles. The normalized spacial score (nSPS) is 11.6. The van der Waals surface area contributed by atoms with Crippen LogP contribution in [-0.4, -0.2) is 40.6 Å². The van der Waals surface area contributed by atoms with E-state index in [2.05, 4.69) is 47.6 Å². The van der Waals surface area contributed by atoms with Crippen molar-refractivity contribution in [1.29, 1.82) is 0 Å². The first-order valence-electron chi connectivity index (χ1n) is 6.04. The Morgan fingerprint density at radius 1 is 1.50 bits per heavy atom. The standard InChI is InChI=1S/C12H24N4/c1-5-15(4)6-7-16-10-13-8-12(16)9-14-11(2)3/h8,10-11,14H,5-7,9H2,1-4H3. The zero-order chi connectivity index (χ0) is 12.0. The van der Waals surface area contributed by atoms with E-state index in [1.807, 2.05) is 12.5 Å². The molecule has 0 aliphatic heterocycles. The average molecular weight is 224 g/mol. The van der Waals surface area contributed by atoms with Crippen molar-refractivity contribution in [3.05, 3.63) is 18.2 Å². The van der Waals surface area contributed by atoms with E-state index < -0.39 is 0 Å². The van der Waals surface area contributed by atoms with Crippen LogP contribution in [0.2, 0.25) is 0 Å². The molecule has 0 unspecified atom stereocenters. The van der Waals surface area contributed by atoms with E-state index in [4.69, 9.17) is 0 Å². The fourth-order valence-corrected chi connectivity index (χ4v) is 1.44. The predicted molar refractivity (Wildman–Crippen MR) is 67.4 cm³/mol. The molecule has 92 valence electrons. The molecule has 0 bridgehead atoms. The Labute approximate surface area is 98.7 Å². The van der Waals surface area contributed by atoms with Crippen LogP contribution in [0.25, 0.3) is 0 Å². The molecule has 1 aromatic heterocycles. The number of hydrogen-bond acceptors (Lipinski definition) is 3. The lowest BCUT2D eigenvalue weighted by atomic mass is 10.3. The number of nitrogens with one attached hydrogen (secondary N) is 1. The van der Waals surface area contributed by atoms with Gasteiger partial charge < -0.3 is 14.8 Å². The molecular weight excluding hydrogens is 200 g/mol. The van der Waals surface area contributed by atoms with E-state index in [1.54, 1.807) is 0 Å². The van der Waals surface area contributed by atoms with Crippen molar-refractivity contribution in [2.75, 3.05) is 20.1 Å². The van der Waals surface area contributed by atoms with Crippen LogP contribution in [0.5, 0.6) is 0 Å². The highest BCUT2D eigenvalue weighted by Crippen LogP contribution is 2.00. The monoisotopic (exact) mass is 224 g/mol. The first-order chi connectivity index (χ1) is 7.63. The Balaban J connectivity index is 2.43. The predicted octanol–water partition coefficient (Wildman–Crippen LogP) is 1.33. The maximum atomic E-state index is 4.21. The fraction of sp³-hybridized carbons (Fsp3) is 0.750. The molecule has 0 atom stereocenters. The van der Waals surface area contributed by atoms with Gasteiger partial charge in [-0.2, -0.15) is 0 Å². The number of aromatic nitrogens is 2. The van der Waals surface area contributed by atoms with Crippen molar-refractivity contribution in [2.45, 2.75) is 39.9 Å². The zero-order valence-corrected chi connectivity index (χ0v) is 10.9. The Bertz CT molecular complexity index is 293. The SMILES string of the molecule is CCN(C)CCn1cncc1CNC(C)C. The smallest absolute Gasteiger partial charge is 0.0949 e. The van der Waals surface area contributed by atoms with Crippen LogP contribution in [0.4, 0.5) is 0 Å². The van der Waals surface area contributed by atoms with E-state index in [0.29, 0.717) is 6.04 Å². The molecule has 0 saturated carbocycles. The number of rotatable bonds is 7. The Morgan fingerprint density at radius 3 is 2.88 bits per heavy atom. The van der Waals surface area contributed by atoms with Crippen molar-refractivity contribution in [1.82, 2.24) is 19.8 Å². The summed E-state index contributed by atoms with van der Waals surface area (Å²) < 4.78 is 2.22. The summed E-state index contributed by atoms with van der Waals surface area (Å²) >= 11 is 0. The van der Waals surface area contributed by atoms with E-state index in [0.717, 1.165) is 26.2 Å². The van der Waals surface area contributed by atoms with Gasteiger partial charge in [-0.05, 0) is 13.6 Å². The second-order valence-electron chi connectivity index (χ2n) is 4.51. The van der Waals surface area contributed by atoms with Gasteiger partial charge in [0, 0.05) is 31.9 Å². The second kappa shape index (κ2) is 6.66. The third kappa shape index (κ3) is 4.33. The summed E-state index contributed by atoms with van der Waals surface area (Å²) in [6.45, 7) is 10.6. The van der Waals surface area contributed by atoms with Crippen LogP contribution >= 0.6 is 0 Å². The van der Waals surface area contributed by atoms with Crippen LogP contribution < -0.4 is 5.32 Å². The van der Waals surface area contributed by atoms with Crippen LogP contribution in [0.3, 0.4) is 0 Å². The van der Waals surface area contributed by atoms with E-state index in [9.17, 15) is 0 Å². The van der Waals surface area contributed by atoms with Gasteiger partial charge in [-0.1, -0.05) is 20.8 Å². The molecule has 4 nitrogen and oxygen atoms in total. The largest absolute Gasteiger partial charge is 0.332 e. The maximum Gasteiger partial charge on any atom is 0.0949 e. The molecule has 4 heteroatoms. The van der Waals surface area contributed by atoms with Crippen molar-refractivity contribution in [3.63, 3.8) is 0 Å². The first-order valence-corrected chi connectivity index (χ1v) is 6.04. The molecule has 0 amide bonds. The molecular formula is C12H24N4. The highest BCUT2D eigenvalue weighted by atomic mass is 15.1. The second-order valence-corrected chi connectivity index (χ2v) is 4.51. The summed E-state index contributed by atoms with van der Waals surface area (Å²) in [5.74, 6) is 0. The summed E-state index contributed by atoms with van der Waals surface area (Å²) in [6.07, 6.45) is 3.86. The highest BCUT2D eigenvalue weighted by Gasteiger charge is 2.03. The van der Waals surface area contributed by atoms with Gasteiger partial charge in [0.1, 0.15) is 0 Å². The van der Waals surface area contributed by atoms with Gasteiger partial charge in [-0.15, -0.1) is 0 Å². The molecule has 16 heavy (non-hydrogen) atoms. The third-order valence-electron chi connectivity index (χ3n) is 2.75. The van der Waals surface area contributed by atoms with Crippen LogP contribution in [0.15, 0.2) is 12.5 Å².